The first-order valence-corrected chi connectivity index (χ1v) is 6.70. The molecule has 0 spiro atoms. The number of benzene rings is 1. The van der Waals surface area contributed by atoms with Crippen LogP contribution in [-0.4, -0.2) is 18.4 Å². The zero-order valence-corrected chi connectivity index (χ0v) is 12.1. The van der Waals surface area contributed by atoms with E-state index in [1.165, 1.54) is 11.8 Å². The molecular weight excluding hydrogens is 268 g/mol. The molecule has 0 unspecified atom stereocenters. The molecule has 0 atom stereocenters. The van der Waals surface area contributed by atoms with Crippen LogP contribution < -0.4 is 10.2 Å². The molecule has 110 valence electrons. The van der Waals surface area contributed by atoms with E-state index in [0.717, 1.165) is 11.3 Å². The van der Waals surface area contributed by atoms with Crippen LogP contribution in [0.25, 0.3) is 0 Å². The van der Waals surface area contributed by atoms with E-state index in [1.54, 1.807) is 18.4 Å². The molecule has 0 aliphatic carbocycles. The van der Waals surface area contributed by atoms with Crippen LogP contribution in [0, 0.1) is 6.92 Å². The maximum atomic E-state index is 12.0. The second-order valence-electron chi connectivity index (χ2n) is 4.80. The van der Waals surface area contributed by atoms with Crippen molar-refractivity contribution in [3.63, 3.8) is 0 Å². The van der Waals surface area contributed by atoms with Crippen molar-refractivity contribution in [3.8, 4) is 0 Å². The Balaban J connectivity index is 1.99. The van der Waals surface area contributed by atoms with Gasteiger partial charge in [-0.3, -0.25) is 9.59 Å². The highest BCUT2D eigenvalue weighted by Crippen LogP contribution is 2.15. The fourth-order valence-corrected chi connectivity index (χ4v) is 1.98. The third-order valence-electron chi connectivity index (χ3n) is 3.04. The quantitative estimate of drug-likeness (QED) is 0.917. The number of nitrogens with one attached hydrogen (secondary N) is 1. The Morgan fingerprint density at radius 1 is 1.24 bits per heavy atom. The van der Waals surface area contributed by atoms with Crippen molar-refractivity contribution in [2.24, 2.45) is 0 Å². The predicted octanol–water partition coefficient (Wildman–Crippen LogP) is 2.26. The largest absolute Gasteiger partial charge is 0.467 e. The lowest BCUT2D eigenvalue weighted by atomic mass is 10.2. The van der Waals surface area contributed by atoms with E-state index in [9.17, 15) is 9.59 Å². The number of carbonyl (C=O) groups is 2. The summed E-state index contributed by atoms with van der Waals surface area (Å²) in [6, 6.07) is 11.0. The lowest BCUT2D eigenvalue weighted by Crippen LogP contribution is -2.39. The van der Waals surface area contributed by atoms with Crippen LogP contribution in [0.5, 0.6) is 0 Å². The van der Waals surface area contributed by atoms with Gasteiger partial charge in [0.1, 0.15) is 12.3 Å². The average Bonchev–Trinajstić information content (AvgIpc) is 2.95. The number of aryl methyl sites for hydroxylation is 1. The Kier molecular flexibility index (Phi) is 4.77. The van der Waals surface area contributed by atoms with Gasteiger partial charge < -0.3 is 14.6 Å². The smallest absolute Gasteiger partial charge is 0.240 e. The fraction of sp³-hybridized carbons (Fsp3) is 0.250. The summed E-state index contributed by atoms with van der Waals surface area (Å²) in [5.74, 6) is 0.269. The number of furan rings is 1. The second-order valence-corrected chi connectivity index (χ2v) is 4.80. The molecular formula is C16H18N2O3. The normalized spacial score (nSPS) is 10.2. The van der Waals surface area contributed by atoms with E-state index in [1.807, 2.05) is 31.2 Å². The number of amides is 2. The molecule has 5 heteroatoms. The first kappa shape index (κ1) is 14.8. The minimum absolute atomic E-state index is 0.0144. The molecule has 5 nitrogen and oxygen atoms in total. The first-order chi connectivity index (χ1) is 10.1. The van der Waals surface area contributed by atoms with Crippen molar-refractivity contribution >= 4 is 17.5 Å². The topological polar surface area (TPSA) is 62.6 Å². The van der Waals surface area contributed by atoms with Crippen LogP contribution in [0.15, 0.2) is 47.1 Å². The van der Waals surface area contributed by atoms with Crippen LogP contribution in [0.4, 0.5) is 5.69 Å². The summed E-state index contributed by atoms with van der Waals surface area (Å²) in [5.41, 5.74) is 1.75. The lowest BCUT2D eigenvalue weighted by Gasteiger charge is -2.21. The average molecular weight is 286 g/mol. The van der Waals surface area contributed by atoms with Crippen LogP contribution in [0.2, 0.25) is 0 Å². The third-order valence-corrected chi connectivity index (χ3v) is 3.04. The van der Waals surface area contributed by atoms with Gasteiger partial charge in [-0.1, -0.05) is 12.1 Å². The first-order valence-electron chi connectivity index (χ1n) is 6.70. The lowest BCUT2D eigenvalue weighted by molar-refractivity contribution is -0.123. The van der Waals surface area contributed by atoms with Gasteiger partial charge in [0.25, 0.3) is 0 Å². The Hall–Kier alpha value is -2.56. The molecule has 0 saturated carbocycles. The summed E-state index contributed by atoms with van der Waals surface area (Å²) in [5, 5.41) is 2.73. The van der Waals surface area contributed by atoms with Gasteiger partial charge in [-0.25, -0.2) is 0 Å². The SMILES string of the molecule is CC(=O)N(CC(=O)NCc1ccco1)c1cccc(C)c1. The Labute approximate surface area is 123 Å². The van der Waals surface area contributed by atoms with Crippen molar-refractivity contribution < 1.29 is 14.0 Å². The monoisotopic (exact) mass is 286 g/mol. The van der Waals surface area contributed by atoms with E-state index in [0.29, 0.717) is 12.3 Å². The van der Waals surface area contributed by atoms with Gasteiger partial charge in [-0.15, -0.1) is 0 Å². The maximum Gasteiger partial charge on any atom is 0.240 e. The molecule has 1 heterocycles. The second kappa shape index (κ2) is 6.74. The summed E-state index contributed by atoms with van der Waals surface area (Å²) in [4.78, 5) is 25.2. The molecule has 1 aromatic carbocycles. The minimum atomic E-state index is -0.233. The van der Waals surface area contributed by atoms with Crippen LogP contribution in [-0.2, 0) is 16.1 Å². The summed E-state index contributed by atoms with van der Waals surface area (Å²) in [7, 11) is 0. The van der Waals surface area contributed by atoms with Crippen molar-refractivity contribution in [1.82, 2.24) is 5.32 Å². The van der Waals surface area contributed by atoms with Crippen LogP contribution in [0.3, 0.4) is 0 Å². The molecule has 2 amide bonds. The van der Waals surface area contributed by atoms with Gasteiger partial charge in [-0.2, -0.15) is 0 Å². The van der Waals surface area contributed by atoms with Crippen molar-refractivity contribution in [3.05, 3.63) is 54.0 Å². The number of hydrogen-bond acceptors (Lipinski definition) is 3. The fourth-order valence-electron chi connectivity index (χ4n) is 1.98. The van der Waals surface area contributed by atoms with Gasteiger partial charge >= 0.3 is 0 Å². The zero-order chi connectivity index (χ0) is 15.2. The summed E-state index contributed by atoms with van der Waals surface area (Å²) >= 11 is 0. The predicted molar refractivity (Wildman–Crippen MR) is 79.8 cm³/mol. The van der Waals surface area contributed by atoms with Crippen molar-refractivity contribution in [2.75, 3.05) is 11.4 Å². The van der Waals surface area contributed by atoms with Gasteiger partial charge in [0, 0.05) is 12.6 Å². The summed E-state index contributed by atoms with van der Waals surface area (Å²) < 4.78 is 5.14. The maximum absolute atomic E-state index is 12.0. The molecule has 1 N–H and O–H groups in total. The molecule has 2 aromatic rings. The van der Waals surface area contributed by atoms with E-state index in [4.69, 9.17) is 4.42 Å². The molecule has 0 radical (unpaired) electrons. The van der Waals surface area contributed by atoms with Crippen LogP contribution in [0.1, 0.15) is 18.2 Å². The van der Waals surface area contributed by atoms with Gasteiger partial charge in [0.15, 0.2) is 0 Å². The van der Waals surface area contributed by atoms with E-state index < -0.39 is 0 Å². The summed E-state index contributed by atoms with van der Waals surface area (Å²) in [6.45, 7) is 3.69. The Morgan fingerprint density at radius 2 is 2.05 bits per heavy atom. The minimum Gasteiger partial charge on any atom is -0.467 e. The van der Waals surface area contributed by atoms with Gasteiger partial charge in [0.05, 0.1) is 12.8 Å². The third kappa shape index (κ3) is 4.21. The highest BCUT2D eigenvalue weighted by molar-refractivity contribution is 5.97. The molecule has 0 saturated heterocycles. The summed E-state index contributed by atoms with van der Waals surface area (Å²) in [6.07, 6.45) is 1.55. The highest BCUT2D eigenvalue weighted by Gasteiger charge is 2.15. The van der Waals surface area contributed by atoms with Gasteiger partial charge in [0.2, 0.25) is 11.8 Å². The molecule has 0 bridgehead atoms. The molecule has 2 rings (SSSR count). The number of anilines is 1. The zero-order valence-electron chi connectivity index (χ0n) is 12.1. The highest BCUT2D eigenvalue weighted by atomic mass is 16.3. The molecule has 1 aromatic heterocycles. The Morgan fingerprint density at radius 3 is 2.67 bits per heavy atom. The number of carbonyl (C=O) groups excluding carboxylic acids is 2. The molecule has 0 fully saturated rings. The Bertz CT molecular complexity index is 620. The van der Waals surface area contributed by atoms with Crippen molar-refractivity contribution in [2.45, 2.75) is 20.4 Å². The van der Waals surface area contributed by atoms with Crippen molar-refractivity contribution in [1.29, 1.82) is 0 Å². The standard InChI is InChI=1S/C16H18N2O3/c1-12-5-3-6-14(9-12)18(13(2)19)11-16(20)17-10-15-7-4-8-21-15/h3-9H,10-11H2,1-2H3,(H,17,20). The number of nitrogens with zero attached hydrogens (tertiary/aromatic N) is 1. The molecule has 0 aliphatic rings. The van der Waals surface area contributed by atoms with Crippen LogP contribution >= 0.6 is 0 Å². The van der Waals surface area contributed by atoms with Gasteiger partial charge in [-0.05, 0) is 36.8 Å². The molecule has 0 aliphatic heterocycles. The van der Waals surface area contributed by atoms with E-state index >= 15 is 0 Å². The molecule has 21 heavy (non-hydrogen) atoms. The number of rotatable bonds is 5. The van der Waals surface area contributed by atoms with E-state index in [2.05, 4.69) is 5.32 Å². The van der Waals surface area contributed by atoms with E-state index in [-0.39, 0.29) is 18.4 Å². The number of hydrogen-bond donors (Lipinski definition) is 1.